The number of amides is 4. The van der Waals surface area contributed by atoms with Gasteiger partial charge < -0.3 is 40.2 Å². The summed E-state index contributed by atoms with van der Waals surface area (Å²) in [4.78, 5) is 74.9. The molecule has 5 N–H and O–H groups in total. The smallest absolute Gasteiger partial charge is 0.407 e. The molecule has 80 heavy (non-hydrogen) atoms. The van der Waals surface area contributed by atoms with Gasteiger partial charge in [-0.2, -0.15) is 26.3 Å². The monoisotopic (exact) mass is 1130 g/mol. The fraction of sp³-hybridized carbons (Fsp3) is 0.509. The van der Waals surface area contributed by atoms with Crippen LogP contribution in [0.3, 0.4) is 0 Å². The zero-order valence-electron chi connectivity index (χ0n) is 44.6. The molecule has 3 saturated heterocycles. The Morgan fingerprint density at radius 2 is 1.25 bits per heavy atom. The van der Waals surface area contributed by atoms with Crippen molar-refractivity contribution in [3.05, 3.63) is 101 Å². The second kappa shape index (κ2) is 24.6. The van der Waals surface area contributed by atoms with Gasteiger partial charge in [0.15, 0.2) is 0 Å². The summed E-state index contributed by atoms with van der Waals surface area (Å²) in [6.07, 6.45) is -7.82. The molecule has 0 aliphatic carbocycles. The van der Waals surface area contributed by atoms with Gasteiger partial charge in [0.2, 0.25) is 11.9 Å². The number of carbonyl (C=O) groups is 4. The Balaban J connectivity index is 1.18. The molecule has 2 bridgehead atoms. The minimum Gasteiger partial charge on any atom is -0.453 e. The van der Waals surface area contributed by atoms with Gasteiger partial charge in [-0.1, -0.05) is 24.0 Å². The normalized spacial score (nSPS) is 18.4. The van der Waals surface area contributed by atoms with Crippen molar-refractivity contribution in [1.29, 1.82) is 0 Å². The molecule has 7 rings (SSSR count). The maximum Gasteiger partial charge on any atom is 0.407 e. The molecular weight excluding hydrogens is 1070 g/mol. The number of fused-ring (bicyclic) bond motifs is 2. The number of aryl methyl sites for hydroxylation is 1. The lowest BCUT2D eigenvalue weighted by molar-refractivity contribution is -0.221. The highest BCUT2D eigenvalue weighted by Crippen LogP contribution is 2.42. The molecule has 4 amide bonds. The maximum absolute atomic E-state index is 16.1. The molecule has 27 heteroatoms. The van der Waals surface area contributed by atoms with Crippen LogP contribution in [-0.4, -0.2) is 161 Å². The van der Waals surface area contributed by atoms with Gasteiger partial charge in [-0.15, -0.1) is 0 Å². The lowest BCUT2D eigenvalue weighted by atomic mass is 9.82. The quantitative estimate of drug-likeness (QED) is 0.0470. The number of methoxy groups -OCH3 is 2. The van der Waals surface area contributed by atoms with Crippen molar-refractivity contribution in [3.63, 3.8) is 0 Å². The van der Waals surface area contributed by atoms with Crippen LogP contribution in [0.25, 0.3) is 11.1 Å². The summed E-state index contributed by atoms with van der Waals surface area (Å²) in [6, 6.07) is 2.45. The number of aliphatic hydroxyl groups excluding tert-OH is 1. The molecular formula is C53H61F8N11O8. The third kappa shape index (κ3) is 14.0. The fourth-order valence-corrected chi connectivity index (χ4v) is 9.52. The molecule has 5 heterocycles. The van der Waals surface area contributed by atoms with Crippen LogP contribution >= 0.6 is 0 Å². The van der Waals surface area contributed by atoms with Crippen molar-refractivity contribution in [2.45, 2.75) is 115 Å². The maximum atomic E-state index is 16.1. The number of nitrogens with one attached hydrogen (secondary N) is 4. The van der Waals surface area contributed by atoms with Crippen LogP contribution in [0, 0.1) is 41.2 Å². The van der Waals surface area contributed by atoms with Crippen molar-refractivity contribution in [3.8, 4) is 23.0 Å². The average molecular weight is 1130 g/mol. The predicted octanol–water partition coefficient (Wildman–Crippen LogP) is 5.52. The number of piperazine rings is 1. The van der Waals surface area contributed by atoms with Crippen LogP contribution in [0.2, 0.25) is 0 Å². The molecule has 432 valence electrons. The molecule has 3 aliphatic heterocycles. The second-order valence-electron chi connectivity index (χ2n) is 20.9. The number of hydrazine groups is 1. The van der Waals surface area contributed by atoms with Gasteiger partial charge in [0.25, 0.3) is 5.91 Å². The summed E-state index contributed by atoms with van der Waals surface area (Å²) < 4.78 is 134. The Bertz CT molecular complexity index is 2880. The largest absolute Gasteiger partial charge is 0.453 e. The number of ether oxygens (including phenoxy) is 3. The van der Waals surface area contributed by atoms with E-state index in [0.717, 1.165) is 65.5 Å². The summed E-state index contributed by atoms with van der Waals surface area (Å²) >= 11 is 0. The van der Waals surface area contributed by atoms with Crippen molar-refractivity contribution in [1.82, 2.24) is 51.2 Å². The first-order valence-electron chi connectivity index (χ1n) is 25.3. The van der Waals surface area contributed by atoms with Crippen LogP contribution in [0.15, 0.2) is 61.2 Å². The number of nitrogens with zero attached hydrogens (tertiary/aromatic N) is 7. The second-order valence-corrected chi connectivity index (χ2v) is 20.9. The lowest BCUT2D eigenvalue weighted by Crippen LogP contribution is -2.63. The van der Waals surface area contributed by atoms with Crippen LogP contribution in [0.4, 0.5) is 50.7 Å². The Hall–Kier alpha value is -7.28. The number of carbonyl (C=O) groups excluding carboxylic acids is 4. The third-order valence-corrected chi connectivity index (χ3v) is 14.7. The number of halogens is 8. The Labute approximate surface area is 455 Å². The van der Waals surface area contributed by atoms with E-state index in [-0.39, 0.29) is 11.1 Å². The van der Waals surface area contributed by atoms with Crippen molar-refractivity contribution < 1.29 is 73.6 Å². The molecule has 0 radical (unpaired) electrons. The summed E-state index contributed by atoms with van der Waals surface area (Å²) in [5.41, 5.74) is -3.39. The van der Waals surface area contributed by atoms with E-state index in [4.69, 9.17) is 4.74 Å². The highest BCUT2D eigenvalue weighted by molar-refractivity contribution is 5.87. The highest BCUT2D eigenvalue weighted by atomic mass is 19.4. The van der Waals surface area contributed by atoms with Crippen molar-refractivity contribution >= 4 is 29.9 Å². The third-order valence-electron chi connectivity index (χ3n) is 14.7. The molecule has 2 unspecified atom stereocenters. The van der Waals surface area contributed by atoms with Gasteiger partial charge in [0.05, 0.1) is 62.0 Å². The fourth-order valence-electron chi connectivity index (χ4n) is 9.52. The summed E-state index contributed by atoms with van der Waals surface area (Å²) in [5.74, 6) is 1.28. The van der Waals surface area contributed by atoms with E-state index in [9.17, 15) is 50.6 Å². The number of hydrogen-bond donors (Lipinski definition) is 5. The number of rotatable bonds is 18. The first-order chi connectivity index (χ1) is 37.6. The van der Waals surface area contributed by atoms with Crippen LogP contribution < -0.4 is 26.3 Å². The molecule has 0 saturated carbocycles. The topological polar surface area (TPSA) is 226 Å². The van der Waals surface area contributed by atoms with Crippen LogP contribution in [-0.2, 0) is 36.8 Å². The number of aliphatic hydroxyl groups is 1. The Morgan fingerprint density at radius 1 is 0.738 bits per heavy atom. The van der Waals surface area contributed by atoms with Gasteiger partial charge in [0, 0.05) is 79.7 Å². The molecule has 3 aliphatic rings. The highest BCUT2D eigenvalue weighted by Gasteiger charge is 2.57. The molecule has 4 aromatic rings. The molecule has 0 spiro atoms. The zero-order chi connectivity index (χ0) is 58.5. The summed E-state index contributed by atoms with van der Waals surface area (Å²) in [5, 5.41) is 18.7. The van der Waals surface area contributed by atoms with E-state index in [2.05, 4.69) is 61.8 Å². The van der Waals surface area contributed by atoms with E-state index in [1.165, 1.54) is 24.5 Å². The van der Waals surface area contributed by atoms with Crippen molar-refractivity contribution in [2.75, 3.05) is 52.0 Å². The number of aromatic nitrogens is 4. The molecule has 2 aromatic heterocycles. The molecule has 2 aromatic carbocycles. The molecule has 3 fully saturated rings. The van der Waals surface area contributed by atoms with Gasteiger partial charge in [-0.25, -0.2) is 43.3 Å². The van der Waals surface area contributed by atoms with E-state index < -0.39 is 108 Å². The zero-order valence-corrected chi connectivity index (χ0v) is 44.6. The first-order valence-corrected chi connectivity index (χ1v) is 25.3. The van der Waals surface area contributed by atoms with E-state index in [0.29, 0.717) is 79.3 Å². The standard InChI is InChI=1S/C53H61F8N11O8/c1-29-62-21-34(22-63-29)33-17-39(54)38(40(55)18-33)25-71(69-46(75)44(68-49(77)79-7)51(4,5)53(59,60)61)26-42(73)41(66-45(74)43(67-48(76)78-6)50(2,3)52(56,57)58)16-31-11-8-30(9-12-31)10-13-32-19-64-47(65-20-32)70-23-35-14-15-36(24-70)72(35)37-27-80-28-37/h8-9,11-12,17-22,35-37,41-44,73H,14-16,23-28H2,1-7H3,(H,66,74)(H,67,76)(H,68,77)(H,69,75)/t35?,36?,41-,42-,43+,44+/m0/s1. The van der Waals surface area contributed by atoms with Crippen LogP contribution in [0.5, 0.6) is 0 Å². The minimum absolute atomic E-state index is 0.0417. The predicted molar refractivity (Wildman–Crippen MR) is 271 cm³/mol. The van der Waals surface area contributed by atoms with E-state index >= 15 is 8.78 Å². The Kier molecular flexibility index (Phi) is 18.6. The van der Waals surface area contributed by atoms with Gasteiger partial charge in [0.1, 0.15) is 29.5 Å². The summed E-state index contributed by atoms with van der Waals surface area (Å²) in [7, 11) is 1.66. The number of alkyl carbamates (subject to hydrolysis) is 2. The van der Waals surface area contributed by atoms with Gasteiger partial charge in [-0.05, 0) is 89.3 Å². The van der Waals surface area contributed by atoms with Crippen molar-refractivity contribution in [2.24, 2.45) is 10.8 Å². The molecule has 19 nitrogen and oxygen atoms in total. The van der Waals surface area contributed by atoms with Crippen LogP contribution in [0.1, 0.15) is 68.6 Å². The number of anilines is 1. The average Bonchev–Trinajstić information content (AvgIpc) is 3.61. The molecule has 6 atom stereocenters. The van der Waals surface area contributed by atoms with Gasteiger partial charge in [-0.3, -0.25) is 19.9 Å². The van der Waals surface area contributed by atoms with Gasteiger partial charge >= 0.3 is 24.5 Å². The minimum atomic E-state index is -5.19. The van der Waals surface area contributed by atoms with E-state index in [1.807, 2.05) is 10.6 Å². The van der Waals surface area contributed by atoms with E-state index in [1.54, 1.807) is 31.5 Å². The lowest BCUT2D eigenvalue weighted by Gasteiger charge is -2.47. The first kappa shape index (κ1) is 60.4. The summed E-state index contributed by atoms with van der Waals surface area (Å²) in [6.45, 7) is 4.94. The number of hydrogen-bond acceptors (Lipinski definition) is 15. The number of alkyl halides is 6. The SMILES string of the molecule is COC(=O)N[C@H](C(=O)N[C@@H](Cc1ccc(C#Cc2cnc(N3CC4CCC(C3)N4C3COC3)nc2)cc1)[C@@H](O)CN(Cc1c(F)cc(-c2cnc(C)nc2)cc1F)NC(=O)[C@@H](NC(=O)OC)C(C)(C)C(F)(F)F)C(C)(C)C(F)(F)F. The number of benzene rings is 2. The Morgan fingerprint density at radius 3 is 1.74 bits per heavy atom.